The summed E-state index contributed by atoms with van der Waals surface area (Å²) in [5.41, 5.74) is 0. The number of hydrogen-bond donors (Lipinski definition) is 1. The van der Waals surface area contributed by atoms with E-state index < -0.39 is 44.5 Å². The summed E-state index contributed by atoms with van der Waals surface area (Å²) in [4.78, 5) is 33.8. The smallest absolute Gasteiger partial charge is 0.303 e. The molecular formula is C17H32O8Si. The van der Waals surface area contributed by atoms with Crippen molar-refractivity contribution >= 4 is 26.2 Å². The minimum absolute atomic E-state index is 0.0727. The van der Waals surface area contributed by atoms with E-state index in [1.807, 2.05) is 13.1 Å². The molecule has 0 spiro atoms. The Hall–Kier alpha value is -1.45. The number of rotatable bonds is 9. The lowest BCUT2D eigenvalue weighted by atomic mass is 10.1. The van der Waals surface area contributed by atoms with Crippen LogP contribution < -0.4 is 0 Å². The highest BCUT2D eigenvalue weighted by molar-refractivity contribution is 6.74. The van der Waals surface area contributed by atoms with E-state index in [2.05, 4.69) is 20.8 Å². The zero-order valence-corrected chi connectivity index (χ0v) is 18.0. The zero-order chi connectivity index (χ0) is 20.7. The Morgan fingerprint density at radius 2 is 1.42 bits per heavy atom. The van der Waals surface area contributed by atoms with Crippen LogP contribution in [0.3, 0.4) is 0 Å². The third kappa shape index (κ3) is 8.77. The van der Waals surface area contributed by atoms with Crippen molar-refractivity contribution in [2.75, 3.05) is 13.2 Å². The van der Waals surface area contributed by atoms with Gasteiger partial charge in [-0.3, -0.25) is 14.4 Å². The SMILES string of the molecule is CC(=O)OC[C@@H](OC(C)=O)[C@H](OC(C)=O)[C@H](O)CO[Si](C)(C)C(C)(C)C. The topological polar surface area (TPSA) is 108 Å². The molecule has 0 radical (unpaired) electrons. The third-order valence-electron chi connectivity index (χ3n) is 4.24. The molecule has 0 aromatic rings. The fourth-order valence-electron chi connectivity index (χ4n) is 1.81. The van der Waals surface area contributed by atoms with Gasteiger partial charge >= 0.3 is 17.9 Å². The van der Waals surface area contributed by atoms with Gasteiger partial charge in [-0.1, -0.05) is 20.8 Å². The minimum atomic E-state index is -2.15. The summed E-state index contributed by atoms with van der Waals surface area (Å²) in [6.07, 6.45) is -3.62. The quantitative estimate of drug-likeness (QED) is 0.359. The van der Waals surface area contributed by atoms with Gasteiger partial charge in [0.15, 0.2) is 20.5 Å². The molecule has 0 aliphatic heterocycles. The zero-order valence-electron chi connectivity index (χ0n) is 17.0. The molecule has 26 heavy (non-hydrogen) atoms. The first kappa shape index (κ1) is 24.5. The van der Waals surface area contributed by atoms with Crippen molar-refractivity contribution < 1.29 is 38.1 Å². The van der Waals surface area contributed by atoms with Crippen molar-refractivity contribution in [2.45, 2.75) is 78.0 Å². The Labute approximate surface area is 156 Å². The normalized spacial score (nSPS) is 15.6. The molecule has 0 saturated heterocycles. The summed E-state index contributed by atoms with van der Waals surface area (Å²) < 4.78 is 21.0. The van der Waals surface area contributed by atoms with Crippen molar-refractivity contribution in [2.24, 2.45) is 0 Å². The lowest BCUT2D eigenvalue weighted by Crippen LogP contribution is -2.50. The molecule has 0 aliphatic carbocycles. The predicted octanol–water partition coefficient (Wildman–Crippen LogP) is 1.80. The van der Waals surface area contributed by atoms with E-state index >= 15 is 0 Å². The first-order valence-electron chi connectivity index (χ1n) is 8.47. The molecule has 1 N–H and O–H groups in total. The maximum absolute atomic E-state index is 11.4. The highest BCUT2D eigenvalue weighted by Gasteiger charge is 2.40. The van der Waals surface area contributed by atoms with Gasteiger partial charge < -0.3 is 23.7 Å². The van der Waals surface area contributed by atoms with Crippen LogP contribution in [0, 0.1) is 0 Å². The summed E-state index contributed by atoms with van der Waals surface area (Å²) in [5, 5.41) is 10.5. The van der Waals surface area contributed by atoms with E-state index in [9.17, 15) is 19.5 Å². The molecule has 9 heteroatoms. The maximum Gasteiger partial charge on any atom is 0.303 e. The van der Waals surface area contributed by atoms with Gasteiger partial charge in [0.2, 0.25) is 0 Å². The average Bonchev–Trinajstić information content (AvgIpc) is 2.45. The second-order valence-corrected chi connectivity index (χ2v) is 12.5. The van der Waals surface area contributed by atoms with Crippen molar-refractivity contribution in [3.05, 3.63) is 0 Å². The van der Waals surface area contributed by atoms with Gasteiger partial charge in [0.1, 0.15) is 12.7 Å². The molecule has 0 aliphatic rings. The third-order valence-corrected chi connectivity index (χ3v) is 8.74. The Bertz CT molecular complexity index is 497. The minimum Gasteiger partial charge on any atom is -0.462 e. The summed E-state index contributed by atoms with van der Waals surface area (Å²) in [5.74, 6) is -1.91. The predicted molar refractivity (Wildman–Crippen MR) is 96.9 cm³/mol. The molecule has 8 nitrogen and oxygen atoms in total. The van der Waals surface area contributed by atoms with Crippen molar-refractivity contribution in [1.29, 1.82) is 0 Å². The molecule has 0 fully saturated rings. The van der Waals surface area contributed by atoms with E-state index in [0.717, 1.165) is 0 Å². The van der Waals surface area contributed by atoms with E-state index in [-0.39, 0.29) is 18.3 Å². The fraction of sp³-hybridized carbons (Fsp3) is 0.824. The van der Waals surface area contributed by atoms with Crippen LogP contribution in [0.2, 0.25) is 18.1 Å². The summed E-state index contributed by atoms with van der Waals surface area (Å²) >= 11 is 0. The van der Waals surface area contributed by atoms with Crippen LogP contribution in [0.15, 0.2) is 0 Å². The van der Waals surface area contributed by atoms with Gasteiger partial charge in [-0.05, 0) is 18.1 Å². The Balaban J connectivity index is 5.29. The van der Waals surface area contributed by atoms with Crippen LogP contribution in [0.5, 0.6) is 0 Å². The molecule has 152 valence electrons. The summed E-state index contributed by atoms with van der Waals surface area (Å²) in [6, 6.07) is 0. The summed E-state index contributed by atoms with van der Waals surface area (Å²) in [7, 11) is -2.15. The van der Waals surface area contributed by atoms with Crippen LogP contribution in [-0.4, -0.2) is 62.9 Å². The van der Waals surface area contributed by atoms with Crippen LogP contribution in [0.25, 0.3) is 0 Å². The van der Waals surface area contributed by atoms with E-state index in [0.29, 0.717) is 0 Å². The van der Waals surface area contributed by atoms with Gasteiger partial charge in [0.25, 0.3) is 0 Å². The van der Waals surface area contributed by atoms with Crippen LogP contribution in [-0.2, 0) is 33.0 Å². The number of carbonyl (C=O) groups is 3. The van der Waals surface area contributed by atoms with E-state index in [4.69, 9.17) is 18.6 Å². The molecular weight excluding hydrogens is 360 g/mol. The van der Waals surface area contributed by atoms with Crippen molar-refractivity contribution in [3.8, 4) is 0 Å². The van der Waals surface area contributed by atoms with Gasteiger partial charge in [0.05, 0.1) is 6.61 Å². The van der Waals surface area contributed by atoms with Crippen molar-refractivity contribution in [3.63, 3.8) is 0 Å². The fourth-order valence-corrected chi connectivity index (χ4v) is 2.83. The monoisotopic (exact) mass is 392 g/mol. The second-order valence-electron chi connectivity index (χ2n) is 7.66. The first-order valence-corrected chi connectivity index (χ1v) is 11.4. The van der Waals surface area contributed by atoms with Gasteiger partial charge in [-0.15, -0.1) is 0 Å². The Morgan fingerprint density at radius 1 is 0.923 bits per heavy atom. The number of aliphatic hydroxyl groups is 1. The number of carbonyl (C=O) groups excluding carboxylic acids is 3. The number of hydrogen-bond acceptors (Lipinski definition) is 8. The first-order chi connectivity index (χ1) is 11.7. The van der Waals surface area contributed by atoms with Gasteiger partial charge in [0, 0.05) is 20.8 Å². The molecule has 0 amide bonds. The highest BCUT2D eigenvalue weighted by atomic mass is 28.4. The standard InChI is InChI=1S/C17H32O8Si/c1-11(18)22-10-15(24-12(2)19)16(25-13(3)20)14(21)9-23-26(7,8)17(4,5)6/h14-16,21H,9-10H2,1-8H3/t14-,15-,16-/m1/s1. The lowest BCUT2D eigenvalue weighted by molar-refractivity contribution is -0.184. The van der Waals surface area contributed by atoms with Gasteiger partial charge in [-0.25, -0.2) is 0 Å². The van der Waals surface area contributed by atoms with Gasteiger partial charge in [-0.2, -0.15) is 0 Å². The highest BCUT2D eigenvalue weighted by Crippen LogP contribution is 2.36. The number of ether oxygens (including phenoxy) is 3. The molecule has 3 atom stereocenters. The average molecular weight is 393 g/mol. The number of aliphatic hydroxyl groups excluding tert-OH is 1. The number of esters is 3. The summed E-state index contributed by atoms with van der Waals surface area (Å²) in [6.45, 7) is 13.3. The maximum atomic E-state index is 11.4. The molecule has 0 aromatic carbocycles. The van der Waals surface area contributed by atoms with Crippen LogP contribution in [0.1, 0.15) is 41.5 Å². The van der Waals surface area contributed by atoms with Crippen LogP contribution in [0.4, 0.5) is 0 Å². The molecule has 0 unspecified atom stereocenters. The van der Waals surface area contributed by atoms with Crippen LogP contribution >= 0.6 is 0 Å². The lowest BCUT2D eigenvalue weighted by Gasteiger charge is -2.38. The van der Waals surface area contributed by atoms with E-state index in [1.54, 1.807) is 0 Å². The molecule has 0 heterocycles. The second kappa shape index (κ2) is 10.0. The Kier molecular flexibility index (Phi) is 9.47. The molecule has 0 bridgehead atoms. The molecule has 0 aromatic heterocycles. The molecule has 0 saturated carbocycles. The molecule has 0 rings (SSSR count). The largest absolute Gasteiger partial charge is 0.462 e. The Morgan fingerprint density at radius 3 is 1.81 bits per heavy atom. The van der Waals surface area contributed by atoms with E-state index in [1.165, 1.54) is 20.8 Å². The van der Waals surface area contributed by atoms with Crippen molar-refractivity contribution in [1.82, 2.24) is 0 Å².